The summed E-state index contributed by atoms with van der Waals surface area (Å²) in [5.74, 6) is 0. The van der Waals surface area contributed by atoms with E-state index in [0.29, 0.717) is 13.1 Å². The van der Waals surface area contributed by atoms with Gasteiger partial charge in [-0.05, 0) is 36.2 Å². The van der Waals surface area contributed by atoms with Crippen LogP contribution in [0.4, 0.5) is 10.5 Å². The molecule has 2 amide bonds. The summed E-state index contributed by atoms with van der Waals surface area (Å²) in [6.07, 6.45) is 0.270. The molecule has 154 valence electrons. The monoisotopic (exact) mass is 415 g/mol. The Hall–Kier alpha value is -2.42. The minimum absolute atomic E-state index is 0.188. The highest BCUT2D eigenvalue weighted by Crippen LogP contribution is 2.25. The first-order valence-electron chi connectivity index (χ1n) is 9.81. The van der Waals surface area contributed by atoms with E-state index in [-0.39, 0.29) is 36.2 Å². The number of rotatable bonds is 4. The van der Waals surface area contributed by atoms with Gasteiger partial charge in [0.05, 0.1) is 30.2 Å². The van der Waals surface area contributed by atoms with E-state index < -0.39 is 10.0 Å². The van der Waals surface area contributed by atoms with Gasteiger partial charge in [-0.2, -0.15) is 4.31 Å². The average Bonchev–Trinajstić information content (AvgIpc) is 2.74. The highest BCUT2D eigenvalue weighted by Gasteiger charge is 2.41. The van der Waals surface area contributed by atoms with E-state index in [4.69, 9.17) is 4.74 Å². The Morgan fingerprint density at radius 2 is 1.62 bits per heavy atom. The Morgan fingerprint density at radius 3 is 2.21 bits per heavy atom. The third kappa shape index (κ3) is 4.29. The number of sulfonamides is 1. The van der Waals surface area contributed by atoms with Crippen LogP contribution >= 0.6 is 0 Å². The fourth-order valence-electron chi connectivity index (χ4n) is 3.78. The Kier molecular flexibility index (Phi) is 5.58. The summed E-state index contributed by atoms with van der Waals surface area (Å²) in [4.78, 5) is 14.7. The number of hydrogen-bond acceptors (Lipinski definition) is 4. The molecular formula is C21H25N3O4S. The number of nitrogens with zero attached hydrogens (tertiary/aromatic N) is 2. The van der Waals surface area contributed by atoms with Crippen LogP contribution in [0, 0.1) is 0 Å². The van der Waals surface area contributed by atoms with Crippen molar-refractivity contribution in [3.63, 3.8) is 0 Å². The molecule has 29 heavy (non-hydrogen) atoms. The molecule has 2 atom stereocenters. The molecule has 2 aromatic rings. The van der Waals surface area contributed by atoms with E-state index in [9.17, 15) is 13.2 Å². The quantitative estimate of drug-likeness (QED) is 0.832. The van der Waals surface area contributed by atoms with Crippen LogP contribution in [0.25, 0.3) is 0 Å². The lowest BCUT2D eigenvalue weighted by atomic mass is 10.1. The summed E-state index contributed by atoms with van der Waals surface area (Å²) in [7, 11) is -3.56. The van der Waals surface area contributed by atoms with Gasteiger partial charge in [0, 0.05) is 18.8 Å². The maximum absolute atomic E-state index is 12.9. The number of anilines is 1. The van der Waals surface area contributed by atoms with Gasteiger partial charge in [-0.3, -0.25) is 0 Å². The van der Waals surface area contributed by atoms with Gasteiger partial charge in [-0.25, -0.2) is 13.2 Å². The molecule has 7 nitrogen and oxygen atoms in total. The van der Waals surface area contributed by atoms with Gasteiger partial charge in [0.15, 0.2) is 0 Å². The second-order valence-electron chi connectivity index (χ2n) is 7.40. The second-order valence-corrected chi connectivity index (χ2v) is 9.34. The number of ether oxygens (including phenoxy) is 1. The molecule has 2 aliphatic heterocycles. The Labute approximate surface area is 171 Å². The number of urea groups is 1. The van der Waals surface area contributed by atoms with Crippen LogP contribution in [-0.4, -0.2) is 62.0 Å². The van der Waals surface area contributed by atoms with Crippen molar-refractivity contribution in [2.24, 2.45) is 0 Å². The van der Waals surface area contributed by atoms with Crippen molar-refractivity contribution < 1.29 is 17.9 Å². The maximum atomic E-state index is 12.9. The van der Waals surface area contributed by atoms with Crippen molar-refractivity contribution in [1.29, 1.82) is 0 Å². The first-order chi connectivity index (χ1) is 14.0. The van der Waals surface area contributed by atoms with Crippen molar-refractivity contribution in [1.82, 2.24) is 9.21 Å². The molecular weight excluding hydrogens is 390 g/mol. The van der Waals surface area contributed by atoms with Gasteiger partial charge in [0.1, 0.15) is 0 Å². The number of aryl methyl sites for hydroxylation is 1. The molecule has 8 heteroatoms. The Bertz CT molecular complexity index is 949. The van der Waals surface area contributed by atoms with E-state index >= 15 is 0 Å². The first-order valence-corrected chi connectivity index (χ1v) is 11.2. The normalized spacial score (nSPS) is 22.3. The molecule has 2 aromatic carbocycles. The SMILES string of the molecule is CCc1ccc(NC(=O)N2CC3CN(S(=O)(=O)c4ccccc4)CC(C2)O3)cc1. The second kappa shape index (κ2) is 8.14. The molecule has 0 spiro atoms. The number of benzene rings is 2. The number of morpholine rings is 2. The predicted octanol–water partition coefficient (Wildman–Crippen LogP) is 2.55. The summed E-state index contributed by atoms with van der Waals surface area (Å²) in [6, 6.07) is 16.0. The Balaban J connectivity index is 1.41. The lowest BCUT2D eigenvalue weighted by Crippen LogP contribution is -2.61. The standard InChI is InChI=1S/C21H25N3O4S/c1-2-16-8-10-17(11-9-16)22-21(25)23-12-18-14-24(15-19(13-23)28-18)29(26,27)20-6-4-3-5-7-20/h3-11,18-19H,2,12-15H2,1H3,(H,22,25). The first kappa shape index (κ1) is 19.9. The zero-order valence-electron chi connectivity index (χ0n) is 16.3. The summed E-state index contributed by atoms with van der Waals surface area (Å²) in [5.41, 5.74) is 1.96. The molecule has 2 unspecified atom stereocenters. The molecule has 2 heterocycles. The number of nitrogens with one attached hydrogen (secondary N) is 1. The molecule has 0 aliphatic carbocycles. The highest BCUT2D eigenvalue weighted by atomic mass is 32.2. The van der Waals surface area contributed by atoms with Crippen LogP contribution in [0.1, 0.15) is 12.5 Å². The fourth-order valence-corrected chi connectivity index (χ4v) is 5.31. The van der Waals surface area contributed by atoms with Crippen LogP contribution in [-0.2, 0) is 21.2 Å². The fraction of sp³-hybridized carbons (Fsp3) is 0.381. The van der Waals surface area contributed by atoms with Crippen molar-refractivity contribution in [3.05, 3.63) is 60.2 Å². The zero-order chi connectivity index (χ0) is 20.4. The van der Waals surface area contributed by atoms with Crippen molar-refractivity contribution in [2.45, 2.75) is 30.4 Å². The van der Waals surface area contributed by atoms with Crippen molar-refractivity contribution in [3.8, 4) is 0 Å². The van der Waals surface area contributed by atoms with E-state index in [1.165, 1.54) is 9.87 Å². The average molecular weight is 416 g/mol. The molecule has 2 fully saturated rings. The van der Waals surface area contributed by atoms with Gasteiger partial charge in [-0.1, -0.05) is 37.3 Å². The van der Waals surface area contributed by atoms with E-state index in [1.807, 2.05) is 24.3 Å². The van der Waals surface area contributed by atoms with Crippen LogP contribution in [0.15, 0.2) is 59.5 Å². The molecule has 1 N–H and O–H groups in total. The van der Waals surface area contributed by atoms with Gasteiger partial charge in [-0.15, -0.1) is 0 Å². The van der Waals surface area contributed by atoms with E-state index in [1.54, 1.807) is 35.2 Å². The number of amides is 2. The van der Waals surface area contributed by atoms with E-state index in [0.717, 1.165) is 12.1 Å². The summed E-state index contributed by atoms with van der Waals surface area (Å²) >= 11 is 0. The molecule has 2 bridgehead atoms. The zero-order valence-corrected chi connectivity index (χ0v) is 17.1. The van der Waals surface area contributed by atoms with Crippen molar-refractivity contribution in [2.75, 3.05) is 31.5 Å². The van der Waals surface area contributed by atoms with Gasteiger partial charge in [0.25, 0.3) is 0 Å². The summed E-state index contributed by atoms with van der Waals surface area (Å²) < 4.78 is 33.2. The highest BCUT2D eigenvalue weighted by molar-refractivity contribution is 7.89. The predicted molar refractivity (Wildman–Crippen MR) is 110 cm³/mol. The molecule has 0 aromatic heterocycles. The molecule has 0 saturated carbocycles. The molecule has 0 radical (unpaired) electrons. The molecule has 4 rings (SSSR count). The number of carbonyl (C=O) groups excluding carboxylic acids is 1. The van der Waals surface area contributed by atoms with E-state index in [2.05, 4.69) is 12.2 Å². The number of fused-ring (bicyclic) bond motifs is 2. The van der Waals surface area contributed by atoms with Crippen molar-refractivity contribution >= 4 is 21.7 Å². The summed E-state index contributed by atoms with van der Waals surface area (Å²) in [6.45, 7) is 3.28. The van der Waals surface area contributed by atoms with Gasteiger partial charge < -0.3 is 15.0 Å². The molecule has 2 saturated heterocycles. The van der Waals surface area contributed by atoms with Crippen LogP contribution in [0.3, 0.4) is 0 Å². The Morgan fingerprint density at radius 1 is 1.00 bits per heavy atom. The van der Waals surface area contributed by atoms with Crippen LogP contribution in [0.2, 0.25) is 0 Å². The lowest BCUT2D eigenvalue weighted by Gasteiger charge is -2.45. The van der Waals surface area contributed by atoms with Crippen LogP contribution in [0.5, 0.6) is 0 Å². The summed E-state index contributed by atoms with van der Waals surface area (Å²) in [5, 5.41) is 2.92. The topological polar surface area (TPSA) is 79.0 Å². The minimum Gasteiger partial charge on any atom is -0.369 e. The largest absolute Gasteiger partial charge is 0.369 e. The smallest absolute Gasteiger partial charge is 0.322 e. The number of hydrogen-bond donors (Lipinski definition) is 1. The molecule has 2 aliphatic rings. The minimum atomic E-state index is -3.56. The maximum Gasteiger partial charge on any atom is 0.322 e. The number of carbonyl (C=O) groups is 1. The van der Waals surface area contributed by atoms with Gasteiger partial charge >= 0.3 is 6.03 Å². The third-order valence-electron chi connectivity index (χ3n) is 5.33. The third-order valence-corrected chi connectivity index (χ3v) is 7.17. The lowest BCUT2D eigenvalue weighted by molar-refractivity contribution is -0.110. The van der Waals surface area contributed by atoms with Crippen LogP contribution < -0.4 is 5.32 Å². The van der Waals surface area contributed by atoms with Gasteiger partial charge in [0.2, 0.25) is 10.0 Å².